The SMILES string of the molecule is BrCCCc1cc(OCCCc2cc(OCCCc3cc(OCc4ccccc4)cc(OCc4ccccc4)c3)cc(OCCCc3cc(OCc4ccccc4)cc(OCc4ccccc4)c3)c2)cc(OCCCc2cc(OCCCc3cc(OCc4ccccc4)cc(OCc4ccccc4)c3)cc(OCCCc3cc(OCc4ccccc4)cc(OCc4ccccc4)c3)c2)c1. The van der Waals surface area contributed by atoms with E-state index in [2.05, 4.69) is 198 Å². The van der Waals surface area contributed by atoms with Crippen molar-refractivity contribution in [1.29, 1.82) is 0 Å². The number of rotatable bonds is 57. The fourth-order valence-electron chi connectivity index (χ4n) is 15.6. The molecule has 0 heterocycles. The second-order valence-corrected chi connectivity index (χ2v) is 34.2. The third kappa shape index (κ3) is 33.4. The van der Waals surface area contributed by atoms with Crippen LogP contribution >= 0.6 is 15.9 Å². The highest BCUT2D eigenvalue weighted by Crippen LogP contribution is 2.35. The molecule has 0 aliphatic rings. The van der Waals surface area contributed by atoms with E-state index in [4.69, 9.17) is 66.3 Å². The molecule has 0 saturated heterocycles. The van der Waals surface area contributed by atoms with Crippen molar-refractivity contribution >= 4 is 15.9 Å². The first-order valence-electron chi connectivity index (χ1n) is 46.9. The van der Waals surface area contributed by atoms with Gasteiger partial charge in [-0.25, -0.2) is 0 Å². The predicted molar refractivity (Wildman–Crippen MR) is 536 cm³/mol. The quantitative estimate of drug-likeness (QED) is 0.0265. The van der Waals surface area contributed by atoms with E-state index in [0.29, 0.717) is 92.5 Å². The summed E-state index contributed by atoms with van der Waals surface area (Å²) in [5.41, 5.74) is 16.5. The van der Waals surface area contributed by atoms with Crippen molar-refractivity contribution in [3.8, 4) is 80.5 Å². The summed E-state index contributed by atoms with van der Waals surface area (Å²) in [4.78, 5) is 0. The van der Waals surface area contributed by atoms with E-state index in [1.807, 2.05) is 188 Å². The molecule has 0 aliphatic carbocycles. The zero-order valence-corrected chi connectivity index (χ0v) is 77.9. The average Bonchev–Trinajstić information content (AvgIpc) is 0.878. The molecule has 15 aromatic carbocycles. The van der Waals surface area contributed by atoms with Gasteiger partial charge in [0.2, 0.25) is 0 Å². The molecular formula is C119H119BrO14. The topological polar surface area (TPSA) is 129 Å². The second-order valence-electron chi connectivity index (χ2n) is 33.4. The van der Waals surface area contributed by atoms with Crippen LogP contribution in [0, 0.1) is 0 Å². The summed E-state index contributed by atoms with van der Waals surface area (Å²) < 4.78 is 91.3. The normalized spacial score (nSPS) is 11.0. The molecule has 0 bridgehead atoms. The molecule has 0 radical (unpaired) electrons. The zero-order chi connectivity index (χ0) is 91.3. The molecule has 0 N–H and O–H groups in total. The highest BCUT2D eigenvalue weighted by atomic mass is 79.9. The Morgan fingerprint density at radius 3 is 0.373 bits per heavy atom. The number of benzene rings is 15. The van der Waals surface area contributed by atoms with E-state index in [1.54, 1.807) is 0 Å². The van der Waals surface area contributed by atoms with E-state index < -0.39 is 0 Å². The van der Waals surface area contributed by atoms with Gasteiger partial charge < -0.3 is 66.3 Å². The minimum absolute atomic E-state index is 0.447. The number of hydrogen-bond donors (Lipinski definition) is 0. The Kier molecular flexibility index (Phi) is 37.3. The van der Waals surface area contributed by atoms with Gasteiger partial charge in [-0.15, -0.1) is 0 Å². The Balaban J connectivity index is 0.599. The van der Waals surface area contributed by atoms with Gasteiger partial charge in [0.05, 0.1) is 39.6 Å². The van der Waals surface area contributed by atoms with Gasteiger partial charge in [-0.2, -0.15) is 0 Å². The van der Waals surface area contributed by atoms with Crippen molar-refractivity contribution < 1.29 is 66.3 Å². The molecule has 14 nitrogen and oxygen atoms in total. The molecule has 0 aromatic heterocycles. The van der Waals surface area contributed by atoms with Gasteiger partial charge in [-0.05, 0) is 258 Å². The lowest BCUT2D eigenvalue weighted by Gasteiger charge is -2.15. The summed E-state index contributed by atoms with van der Waals surface area (Å²) in [6.45, 7) is 6.45. The molecular weight excluding hydrogens is 1730 g/mol. The van der Waals surface area contributed by atoms with E-state index in [-0.39, 0.29) is 0 Å². The average molecular weight is 1850 g/mol. The number of ether oxygens (including phenoxy) is 14. The van der Waals surface area contributed by atoms with Crippen LogP contribution in [0.15, 0.2) is 370 Å². The smallest absolute Gasteiger partial charge is 0.123 e. The lowest BCUT2D eigenvalue weighted by molar-refractivity contribution is 0.286. The monoisotopic (exact) mass is 1850 g/mol. The summed E-state index contributed by atoms with van der Waals surface area (Å²) in [7, 11) is 0. The predicted octanol–water partition coefficient (Wildman–Crippen LogP) is 27.7. The third-order valence-electron chi connectivity index (χ3n) is 22.4. The zero-order valence-electron chi connectivity index (χ0n) is 76.3. The lowest BCUT2D eigenvalue weighted by atomic mass is 10.1. The van der Waals surface area contributed by atoms with Gasteiger partial charge in [0.25, 0.3) is 0 Å². The summed E-state index contributed by atoms with van der Waals surface area (Å²) in [6.07, 6.45) is 10.7. The molecule has 15 aromatic rings. The Labute approximate surface area is 798 Å². The summed E-state index contributed by atoms with van der Waals surface area (Å²) in [6, 6.07) is 125. The third-order valence-corrected chi connectivity index (χ3v) is 23.0. The van der Waals surface area contributed by atoms with Crippen molar-refractivity contribution in [2.24, 2.45) is 0 Å². The number of halogens is 1. The van der Waals surface area contributed by atoms with Crippen molar-refractivity contribution in [2.45, 2.75) is 143 Å². The van der Waals surface area contributed by atoms with Crippen LogP contribution in [0.1, 0.15) is 128 Å². The number of hydrogen-bond acceptors (Lipinski definition) is 14. The first-order chi connectivity index (χ1) is 66.2. The van der Waals surface area contributed by atoms with Gasteiger partial charge in [0.15, 0.2) is 0 Å². The van der Waals surface area contributed by atoms with Gasteiger partial charge in [-0.1, -0.05) is 259 Å². The van der Waals surface area contributed by atoms with Crippen molar-refractivity contribution in [3.63, 3.8) is 0 Å². The van der Waals surface area contributed by atoms with Crippen LogP contribution in [0.5, 0.6) is 80.5 Å². The van der Waals surface area contributed by atoms with Crippen LogP contribution < -0.4 is 66.3 Å². The number of alkyl halides is 1. The van der Waals surface area contributed by atoms with Crippen LogP contribution in [-0.4, -0.2) is 45.0 Å². The molecule has 0 fully saturated rings. The molecule has 134 heavy (non-hydrogen) atoms. The Bertz CT molecular complexity index is 5030. The molecule has 0 aliphatic heterocycles. The van der Waals surface area contributed by atoms with Crippen LogP contribution in [0.4, 0.5) is 0 Å². The lowest BCUT2D eigenvalue weighted by Crippen LogP contribution is -2.05. The van der Waals surface area contributed by atoms with Gasteiger partial charge >= 0.3 is 0 Å². The Morgan fingerprint density at radius 2 is 0.246 bits per heavy atom. The molecule has 0 atom stereocenters. The Hall–Kier alpha value is -14.0. The van der Waals surface area contributed by atoms with E-state index in [0.717, 1.165) is 259 Å². The number of aryl methyl sites for hydroxylation is 7. The highest BCUT2D eigenvalue weighted by molar-refractivity contribution is 9.09. The molecule has 0 saturated carbocycles. The van der Waals surface area contributed by atoms with Gasteiger partial charge in [-0.3, -0.25) is 0 Å². The van der Waals surface area contributed by atoms with Crippen LogP contribution in [0.2, 0.25) is 0 Å². The van der Waals surface area contributed by atoms with E-state index >= 15 is 0 Å². The standard InChI is InChI=1S/C119H119BrO14/c120-55-25-48-99-62-106(121-56-26-49-100-64-108(123-58-28-51-102-68-112(127-83-91-32-9-1-10-33-91)79-113(69-102)128-84-92-34-11-2-12-35-92)77-109(65-100)124-59-29-52-103-70-114(129-85-93-36-13-3-14-37-93)80-115(71-103)130-86-94-38-15-4-16-39-94)76-107(63-99)122-57-27-50-101-66-110(125-60-30-53-104-72-116(131-87-95-40-17-5-18-41-95)81-117(73-104)132-88-96-42-19-6-20-43-96)78-111(67-101)126-61-31-54-105-74-118(133-89-97-44-21-7-22-45-97)82-119(75-105)134-90-98-46-23-8-24-47-98/h1-24,32-47,62-82H,25-31,48-61,83-90H2. The maximum atomic E-state index is 6.69. The van der Waals surface area contributed by atoms with Gasteiger partial charge in [0.1, 0.15) is 133 Å². The van der Waals surface area contributed by atoms with Gasteiger partial charge in [0, 0.05) is 47.8 Å². The fraction of sp³-hybridized carbons (Fsp3) is 0.244. The second kappa shape index (κ2) is 52.9. The largest absolute Gasteiger partial charge is 0.493 e. The summed E-state index contributed by atoms with van der Waals surface area (Å²) >= 11 is 3.69. The highest BCUT2D eigenvalue weighted by Gasteiger charge is 2.16. The van der Waals surface area contributed by atoms with Crippen molar-refractivity contribution in [1.82, 2.24) is 0 Å². The summed E-state index contributed by atoms with van der Waals surface area (Å²) in [5.74, 6) is 10.6. The molecule has 15 heteroatoms. The first-order valence-corrected chi connectivity index (χ1v) is 48.0. The maximum Gasteiger partial charge on any atom is 0.123 e. The maximum absolute atomic E-state index is 6.69. The minimum atomic E-state index is 0.447. The molecule has 0 amide bonds. The first kappa shape index (κ1) is 94.6. The van der Waals surface area contributed by atoms with Crippen LogP contribution in [-0.2, 0) is 97.8 Å². The van der Waals surface area contributed by atoms with Crippen molar-refractivity contribution in [3.05, 3.63) is 454 Å². The van der Waals surface area contributed by atoms with E-state index in [1.165, 1.54) is 0 Å². The molecule has 15 rings (SSSR count). The van der Waals surface area contributed by atoms with Crippen LogP contribution in [0.25, 0.3) is 0 Å². The summed E-state index contributed by atoms with van der Waals surface area (Å²) in [5, 5.41) is 0.877. The molecule has 0 unspecified atom stereocenters. The fourth-order valence-corrected chi connectivity index (χ4v) is 15.9. The van der Waals surface area contributed by atoms with Crippen molar-refractivity contribution in [2.75, 3.05) is 45.0 Å². The minimum Gasteiger partial charge on any atom is -0.493 e. The molecule has 0 spiro atoms. The van der Waals surface area contributed by atoms with E-state index in [9.17, 15) is 0 Å². The Morgan fingerprint density at radius 1 is 0.127 bits per heavy atom. The van der Waals surface area contributed by atoms with Crippen LogP contribution in [0.3, 0.4) is 0 Å². The molecule has 686 valence electrons.